The van der Waals surface area contributed by atoms with Gasteiger partial charge in [-0.05, 0) is 24.0 Å². The largest absolute Gasteiger partial charge is 0.391 e. The van der Waals surface area contributed by atoms with E-state index in [9.17, 15) is 5.11 Å². The lowest BCUT2D eigenvalue weighted by atomic mass is 10.0. The average Bonchev–Trinajstić information content (AvgIpc) is 3.05. The van der Waals surface area contributed by atoms with Crippen LogP contribution < -0.4 is 0 Å². The number of benzene rings is 1. The molecule has 0 fully saturated rings. The second kappa shape index (κ2) is 6.20. The van der Waals surface area contributed by atoms with Crippen molar-refractivity contribution in [3.8, 4) is 0 Å². The molecule has 112 valence electrons. The molecule has 1 aliphatic rings. The number of aliphatic hydroxyl groups is 1. The highest BCUT2D eigenvalue weighted by Crippen LogP contribution is 2.38. The number of nitrogens with zero attached hydrogens (tertiary/aromatic N) is 3. The predicted octanol–water partition coefficient (Wildman–Crippen LogP) is 2.55. The summed E-state index contributed by atoms with van der Waals surface area (Å²) < 4.78 is 1.92. The molecule has 1 N–H and O–H groups in total. The second-order valence-corrected chi connectivity index (χ2v) is 7.27. The van der Waals surface area contributed by atoms with Crippen molar-refractivity contribution in [2.75, 3.05) is 0 Å². The Bertz CT molecular complexity index is 586. The molecule has 1 aliphatic heterocycles. The Morgan fingerprint density at radius 3 is 2.95 bits per heavy atom. The van der Waals surface area contributed by atoms with Crippen molar-refractivity contribution < 1.29 is 5.11 Å². The van der Waals surface area contributed by atoms with Crippen LogP contribution in [0.4, 0.5) is 0 Å². The van der Waals surface area contributed by atoms with Crippen LogP contribution in [0.1, 0.15) is 25.2 Å². The van der Waals surface area contributed by atoms with E-state index in [1.165, 1.54) is 10.5 Å². The molecular formula is C16H21N3OS. The molecule has 4 nitrogen and oxygen atoms in total. The Morgan fingerprint density at radius 1 is 1.38 bits per heavy atom. The molecule has 5 heteroatoms. The molecule has 1 aromatic carbocycles. The minimum absolute atomic E-state index is 0.214. The van der Waals surface area contributed by atoms with Crippen LogP contribution in [-0.2, 0) is 19.4 Å². The van der Waals surface area contributed by atoms with E-state index in [0.717, 1.165) is 18.8 Å². The molecule has 0 bridgehead atoms. The third-order valence-electron chi connectivity index (χ3n) is 3.73. The van der Waals surface area contributed by atoms with Crippen LogP contribution in [0.15, 0.2) is 35.5 Å². The van der Waals surface area contributed by atoms with Crippen LogP contribution in [0.25, 0.3) is 0 Å². The molecule has 0 radical (unpaired) electrons. The van der Waals surface area contributed by atoms with Crippen LogP contribution >= 0.6 is 11.8 Å². The standard InChI is InChI=1S/C16H21N3OS/c1-11(2)9-19-16(17-10-18-19)8-13(20)15-7-12-5-3-4-6-14(12)21-15/h3-6,10-11,13,15,20H,7-9H2,1-2H3. The number of aromatic nitrogens is 3. The first kappa shape index (κ1) is 14.6. The van der Waals surface area contributed by atoms with Gasteiger partial charge in [-0.1, -0.05) is 32.0 Å². The lowest BCUT2D eigenvalue weighted by molar-refractivity contribution is 0.167. The molecule has 0 saturated heterocycles. The normalized spacial score (nSPS) is 19.0. The van der Waals surface area contributed by atoms with E-state index in [1.807, 2.05) is 4.68 Å². The molecule has 2 aromatic rings. The summed E-state index contributed by atoms with van der Waals surface area (Å²) in [6, 6.07) is 8.40. The number of rotatable bonds is 5. The molecule has 2 atom stereocenters. The van der Waals surface area contributed by atoms with Gasteiger partial charge in [-0.25, -0.2) is 9.67 Å². The van der Waals surface area contributed by atoms with Crippen LogP contribution in [0.3, 0.4) is 0 Å². The van der Waals surface area contributed by atoms with Crippen molar-refractivity contribution in [3.05, 3.63) is 42.0 Å². The van der Waals surface area contributed by atoms with E-state index >= 15 is 0 Å². The maximum absolute atomic E-state index is 10.5. The number of hydrogen-bond donors (Lipinski definition) is 1. The number of hydrogen-bond acceptors (Lipinski definition) is 4. The fourth-order valence-electron chi connectivity index (χ4n) is 2.69. The molecular weight excluding hydrogens is 282 g/mol. The highest BCUT2D eigenvalue weighted by atomic mass is 32.2. The van der Waals surface area contributed by atoms with Crippen molar-refractivity contribution in [1.82, 2.24) is 14.8 Å². The van der Waals surface area contributed by atoms with E-state index in [2.05, 4.69) is 48.2 Å². The first-order valence-corrected chi connectivity index (χ1v) is 8.30. The van der Waals surface area contributed by atoms with Crippen molar-refractivity contribution >= 4 is 11.8 Å². The van der Waals surface area contributed by atoms with Crippen LogP contribution in [-0.4, -0.2) is 31.2 Å². The Balaban J connectivity index is 1.65. The van der Waals surface area contributed by atoms with Gasteiger partial charge in [0.05, 0.1) is 6.10 Å². The van der Waals surface area contributed by atoms with Gasteiger partial charge in [-0.2, -0.15) is 5.10 Å². The molecule has 21 heavy (non-hydrogen) atoms. The monoisotopic (exact) mass is 303 g/mol. The van der Waals surface area contributed by atoms with Crippen LogP contribution in [0.2, 0.25) is 0 Å². The second-order valence-electron chi connectivity index (χ2n) is 5.99. The Labute approximate surface area is 129 Å². The zero-order chi connectivity index (χ0) is 14.8. The van der Waals surface area contributed by atoms with E-state index in [4.69, 9.17) is 0 Å². The van der Waals surface area contributed by atoms with Gasteiger partial charge in [-0.15, -0.1) is 11.8 Å². The number of fused-ring (bicyclic) bond motifs is 1. The van der Waals surface area contributed by atoms with Crippen LogP contribution in [0, 0.1) is 5.92 Å². The van der Waals surface area contributed by atoms with Crippen molar-refractivity contribution in [1.29, 1.82) is 0 Å². The van der Waals surface area contributed by atoms with Gasteiger partial charge in [0, 0.05) is 23.1 Å². The van der Waals surface area contributed by atoms with E-state index < -0.39 is 6.10 Å². The van der Waals surface area contributed by atoms with Gasteiger partial charge in [0.25, 0.3) is 0 Å². The van der Waals surface area contributed by atoms with Gasteiger partial charge in [-0.3, -0.25) is 0 Å². The highest BCUT2D eigenvalue weighted by molar-refractivity contribution is 8.00. The van der Waals surface area contributed by atoms with Crippen molar-refractivity contribution in [2.24, 2.45) is 5.92 Å². The fourth-order valence-corrected chi connectivity index (χ4v) is 3.99. The van der Waals surface area contributed by atoms with Crippen LogP contribution in [0.5, 0.6) is 0 Å². The summed E-state index contributed by atoms with van der Waals surface area (Å²) >= 11 is 1.78. The zero-order valence-corrected chi connectivity index (χ0v) is 13.3. The summed E-state index contributed by atoms with van der Waals surface area (Å²) in [6.45, 7) is 5.16. The molecule has 1 aromatic heterocycles. The molecule has 2 heterocycles. The topological polar surface area (TPSA) is 50.9 Å². The third-order valence-corrected chi connectivity index (χ3v) is 5.16. The quantitative estimate of drug-likeness (QED) is 0.922. The first-order valence-electron chi connectivity index (χ1n) is 7.43. The molecule has 0 spiro atoms. The fraction of sp³-hybridized carbons (Fsp3) is 0.500. The van der Waals surface area contributed by atoms with Crippen molar-refractivity contribution in [2.45, 2.75) is 49.5 Å². The SMILES string of the molecule is CC(C)Cn1ncnc1CC(O)C1Cc2ccccc2S1. The summed E-state index contributed by atoms with van der Waals surface area (Å²) in [6.07, 6.45) is 2.69. The number of thioether (sulfide) groups is 1. The zero-order valence-electron chi connectivity index (χ0n) is 12.4. The van der Waals surface area contributed by atoms with Gasteiger partial charge in [0.15, 0.2) is 0 Å². The minimum Gasteiger partial charge on any atom is -0.391 e. The summed E-state index contributed by atoms with van der Waals surface area (Å²) in [5.74, 6) is 1.40. The van der Waals surface area contributed by atoms with Gasteiger partial charge in [0.1, 0.15) is 12.2 Å². The maximum Gasteiger partial charge on any atom is 0.138 e. The summed E-state index contributed by atoms with van der Waals surface area (Å²) in [7, 11) is 0. The lowest BCUT2D eigenvalue weighted by Crippen LogP contribution is -2.27. The van der Waals surface area contributed by atoms with E-state index in [-0.39, 0.29) is 5.25 Å². The molecule has 0 amide bonds. The smallest absolute Gasteiger partial charge is 0.138 e. The maximum atomic E-state index is 10.5. The average molecular weight is 303 g/mol. The van der Waals surface area contributed by atoms with Gasteiger partial charge >= 0.3 is 0 Å². The number of aliphatic hydroxyl groups excluding tert-OH is 1. The minimum atomic E-state index is -0.391. The molecule has 0 saturated carbocycles. The Hall–Kier alpha value is -1.33. The molecule has 2 unspecified atom stereocenters. The Kier molecular flexibility index (Phi) is 4.31. The van der Waals surface area contributed by atoms with Gasteiger partial charge in [0.2, 0.25) is 0 Å². The molecule has 0 aliphatic carbocycles. The first-order chi connectivity index (χ1) is 10.1. The van der Waals surface area contributed by atoms with Gasteiger partial charge < -0.3 is 5.11 Å². The molecule has 3 rings (SSSR count). The highest BCUT2D eigenvalue weighted by Gasteiger charge is 2.29. The van der Waals surface area contributed by atoms with E-state index in [0.29, 0.717) is 12.3 Å². The summed E-state index contributed by atoms with van der Waals surface area (Å²) in [4.78, 5) is 5.61. The van der Waals surface area contributed by atoms with Crippen molar-refractivity contribution in [3.63, 3.8) is 0 Å². The Morgan fingerprint density at radius 2 is 2.19 bits per heavy atom. The van der Waals surface area contributed by atoms with E-state index in [1.54, 1.807) is 18.1 Å². The predicted molar refractivity (Wildman–Crippen MR) is 84.4 cm³/mol. The lowest BCUT2D eigenvalue weighted by Gasteiger charge is -2.17. The summed E-state index contributed by atoms with van der Waals surface area (Å²) in [5.41, 5.74) is 1.34. The third kappa shape index (κ3) is 3.30. The summed E-state index contributed by atoms with van der Waals surface area (Å²) in [5, 5.41) is 15.0.